The predicted molar refractivity (Wildman–Crippen MR) is 112 cm³/mol. The molecule has 146 valence electrons. The summed E-state index contributed by atoms with van der Waals surface area (Å²) in [6.45, 7) is 0. The summed E-state index contributed by atoms with van der Waals surface area (Å²) in [5, 5.41) is 38.6. The Bertz CT molecular complexity index is 1450. The Morgan fingerprint density at radius 2 is 1.53 bits per heavy atom. The van der Waals surface area contributed by atoms with E-state index in [0.717, 1.165) is 11.3 Å². The molecule has 1 aliphatic heterocycles. The summed E-state index contributed by atoms with van der Waals surface area (Å²) in [6, 6.07) is 16.7. The summed E-state index contributed by atoms with van der Waals surface area (Å²) in [7, 11) is 0. The van der Waals surface area contributed by atoms with Gasteiger partial charge in [-0.15, -0.1) is 11.3 Å². The van der Waals surface area contributed by atoms with E-state index in [2.05, 4.69) is 6.07 Å². The van der Waals surface area contributed by atoms with Gasteiger partial charge in [-0.3, -0.25) is 9.36 Å². The standard InChI is InChI=1S/C22H14N4O3S/c23-10-16-19(13-3-7-15(28)8-4-13)17(11-24)22-26(20(16)25)21(29)18(30-22)9-12-1-5-14(27)6-2-12/h1-9,19,27-28H,25H2/b18-9+. The number of fused-ring (bicyclic) bond motifs is 1. The van der Waals surface area contributed by atoms with Crippen LogP contribution in [0.25, 0.3) is 17.5 Å². The molecule has 0 saturated carbocycles. The first-order valence-corrected chi connectivity index (χ1v) is 9.62. The molecule has 1 atom stereocenters. The third-order valence-electron chi connectivity index (χ3n) is 4.81. The van der Waals surface area contributed by atoms with Crippen molar-refractivity contribution in [3.05, 3.63) is 84.8 Å². The van der Waals surface area contributed by atoms with Gasteiger partial charge in [-0.2, -0.15) is 10.5 Å². The Morgan fingerprint density at radius 3 is 2.10 bits per heavy atom. The number of aromatic nitrogens is 1. The number of hydrogen-bond donors (Lipinski definition) is 3. The summed E-state index contributed by atoms with van der Waals surface area (Å²) in [6.07, 6.45) is 1.64. The van der Waals surface area contributed by atoms with Gasteiger partial charge >= 0.3 is 0 Å². The van der Waals surface area contributed by atoms with Crippen molar-refractivity contribution in [3.8, 4) is 23.6 Å². The van der Waals surface area contributed by atoms with Crippen LogP contribution in [0.5, 0.6) is 11.5 Å². The molecular formula is C22H14N4O3S. The summed E-state index contributed by atoms with van der Waals surface area (Å²) in [5.41, 5.74) is 7.42. The Kier molecular flexibility index (Phi) is 4.63. The number of thiazole rings is 1. The maximum Gasteiger partial charge on any atom is 0.274 e. The molecule has 3 aromatic rings. The van der Waals surface area contributed by atoms with Gasteiger partial charge in [0.25, 0.3) is 5.56 Å². The summed E-state index contributed by atoms with van der Waals surface area (Å²) >= 11 is 1.11. The van der Waals surface area contributed by atoms with Gasteiger partial charge in [0.05, 0.1) is 33.7 Å². The molecule has 0 bridgehead atoms. The number of nitrogens with two attached hydrogens (primary N) is 1. The highest BCUT2D eigenvalue weighted by atomic mass is 32.1. The molecule has 2 aromatic carbocycles. The highest BCUT2D eigenvalue weighted by molar-refractivity contribution is 7.07. The minimum absolute atomic E-state index is 0.0174. The van der Waals surface area contributed by atoms with Crippen molar-refractivity contribution in [3.63, 3.8) is 0 Å². The van der Waals surface area contributed by atoms with E-state index < -0.39 is 11.5 Å². The largest absolute Gasteiger partial charge is 0.508 e. The average molecular weight is 414 g/mol. The van der Waals surface area contributed by atoms with Gasteiger partial charge in [0.1, 0.15) is 22.0 Å². The maximum atomic E-state index is 13.0. The van der Waals surface area contributed by atoms with Crippen LogP contribution in [-0.2, 0) is 0 Å². The van der Waals surface area contributed by atoms with Gasteiger partial charge in [-0.1, -0.05) is 24.3 Å². The normalized spacial score (nSPS) is 16.1. The summed E-state index contributed by atoms with van der Waals surface area (Å²) in [4.78, 5) is 13.0. The average Bonchev–Trinajstić information content (AvgIpc) is 3.06. The lowest BCUT2D eigenvalue weighted by molar-refractivity contribution is 0.474. The van der Waals surface area contributed by atoms with Gasteiger partial charge in [0, 0.05) is 0 Å². The van der Waals surface area contributed by atoms with E-state index in [1.807, 2.05) is 6.07 Å². The van der Waals surface area contributed by atoms with E-state index >= 15 is 0 Å². The number of phenolic OH excluding ortho intramolecular Hbond substituents is 2. The zero-order chi connectivity index (χ0) is 21.4. The number of rotatable bonds is 2. The molecule has 4 rings (SSSR count). The van der Waals surface area contributed by atoms with Crippen LogP contribution in [0.15, 0.2) is 58.9 Å². The number of hydrogen-bond acceptors (Lipinski definition) is 7. The molecule has 0 saturated heterocycles. The van der Waals surface area contributed by atoms with Crippen molar-refractivity contribution in [2.45, 2.75) is 5.92 Å². The molecule has 8 heteroatoms. The second-order valence-electron chi connectivity index (χ2n) is 6.61. The quantitative estimate of drug-likeness (QED) is 0.578. The van der Waals surface area contributed by atoms with E-state index in [9.17, 15) is 25.5 Å². The molecule has 1 aliphatic rings. The third kappa shape index (κ3) is 3.02. The van der Waals surface area contributed by atoms with Crippen LogP contribution in [-0.4, -0.2) is 14.8 Å². The molecular weight excluding hydrogens is 400 g/mol. The topological polar surface area (TPSA) is 136 Å². The van der Waals surface area contributed by atoms with Gasteiger partial charge in [0.2, 0.25) is 0 Å². The predicted octanol–water partition coefficient (Wildman–Crippen LogP) is 1.27. The fourth-order valence-electron chi connectivity index (χ4n) is 3.37. The van der Waals surface area contributed by atoms with Crippen molar-refractivity contribution < 1.29 is 10.2 Å². The van der Waals surface area contributed by atoms with E-state index in [1.54, 1.807) is 30.3 Å². The summed E-state index contributed by atoms with van der Waals surface area (Å²) in [5.74, 6) is -0.587. The first kappa shape index (κ1) is 19.1. The molecule has 0 radical (unpaired) electrons. The SMILES string of the molecule is N#CC1=C(N)n2c(s/c(=C/c3ccc(O)cc3)c2=O)=C(C#N)C1c1ccc(O)cc1. The number of nitriles is 2. The van der Waals surface area contributed by atoms with Crippen LogP contribution in [0.4, 0.5) is 0 Å². The maximum absolute atomic E-state index is 13.0. The molecule has 0 spiro atoms. The molecule has 30 heavy (non-hydrogen) atoms. The van der Waals surface area contributed by atoms with E-state index in [-0.39, 0.29) is 28.5 Å². The Hall–Kier alpha value is -4.27. The van der Waals surface area contributed by atoms with E-state index in [4.69, 9.17) is 5.73 Å². The molecule has 0 amide bonds. The summed E-state index contributed by atoms with van der Waals surface area (Å²) < 4.78 is 1.91. The van der Waals surface area contributed by atoms with E-state index in [0.29, 0.717) is 20.3 Å². The molecule has 0 fully saturated rings. The van der Waals surface area contributed by atoms with Crippen LogP contribution >= 0.6 is 11.3 Å². The molecule has 7 nitrogen and oxygen atoms in total. The highest BCUT2D eigenvalue weighted by Crippen LogP contribution is 2.35. The number of aromatic hydroxyl groups is 2. The van der Waals surface area contributed by atoms with Crippen molar-refractivity contribution >= 4 is 28.8 Å². The van der Waals surface area contributed by atoms with E-state index in [1.165, 1.54) is 28.8 Å². The Balaban J connectivity index is 2.04. The number of allylic oxidation sites excluding steroid dienone is 1. The second-order valence-corrected chi connectivity index (χ2v) is 7.64. The Morgan fingerprint density at radius 1 is 0.967 bits per heavy atom. The van der Waals surface area contributed by atoms with Crippen LogP contribution in [0.3, 0.4) is 0 Å². The van der Waals surface area contributed by atoms with Crippen LogP contribution in [0.2, 0.25) is 0 Å². The monoisotopic (exact) mass is 414 g/mol. The fraction of sp³-hybridized carbons (Fsp3) is 0.0455. The first-order valence-electron chi connectivity index (χ1n) is 8.80. The molecule has 2 heterocycles. The molecule has 0 aliphatic carbocycles. The van der Waals surface area contributed by atoms with Crippen molar-refractivity contribution in [1.29, 1.82) is 10.5 Å². The number of benzene rings is 2. The highest BCUT2D eigenvalue weighted by Gasteiger charge is 2.32. The van der Waals surface area contributed by atoms with Crippen molar-refractivity contribution in [2.75, 3.05) is 0 Å². The fourth-order valence-corrected chi connectivity index (χ4v) is 4.50. The lowest BCUT2D eigenvalue weighted by Gasteiger charge is -2.22. The van der Waals surface area contributed by atoms with Crippen molar-refractivity contribution in [2.24, 2.45) is 5.73 Å². The zero-order valence-electron chi connectivity index (χ0n) is 15.4. The van der Waals surface area contributed by atoms with Gasteiger partial charge < -0.3 is 15.9 Å². The number of phenols is 2. The smallest absolute Gasteiger partial charge is 0.274 e. The zero-order valence-corrected chi connectivity index (χ0v) is 16.2. The molecule has 1 unspecified atom stereocenters. The lowest BCUT2D eigenvalue weighted by atomic mass is 9.84. The molecule has 1 aromatic heterocycles. The second kappa shape index (κ2) is 7.28. The van der Waals surface area contributed by atoms with Crippen LogP contribution in [0, 0.1) is 22.7 Å². The van der Waals surface area contributed by atoms with Crippen LogP contribution < -0.4 is 20.5 Å². The van der Waals surface area contributed by atoms with Gasteiger partial charge in [-0.25, -0.2) is 0 Å². The molecule has 4 N–H and O–H groups in total. The van der Waals surface area contributed by atoms with Gasteiger partial charge in [0.15, 0.2) is 0 Å². The van der Waals surface area contributed by atoms with Gasteiger partial charge in [-0.05, 0) is 41.5 Å². The van der Waals surface area contributed by atoms with Crippen molar-refractivity contribution in [1.82, 2.24) is 4.57 Å². The minimum atomic E-state index is -0.736. The minimum Gasteiger partial charge on any atom is -0.508 e. The first-order chi connectivity index (χ1) is 14.4. The van der Waals surface area contributed by atoms with Crippen LogP contribution in [0.1, 0.15) is 17.0 Å². The third-order valence-corrected chi connectivity index (χ3v) is 5.91. The Labute approximate surface area is 174 Å². The number of nitrogens with zero attached hydrogens (tertiary/aromatic N) is 3. The lowest BCUT2D eigenvalue weighted by Crippen LogP contribution is -2.38.